The normalized spacial score (nSPS) is 13.6. The van der Waals surface area contributed by atoms with Gasteiger partial charge in [0, 0.05) is 5.41 Å². The first kappa shape index (κ1) is 14.8. The number of nitrogens with zero attached hydrogens (tertiary/aromatic N) is 1. The molecule has 0 aliphatic heterocycles. The van der Waals surface area contributed by atoms with Gasteiger partial charge >= 0.3 is 0 Å². The molecule has 1 atom stereocenters. The summed E-state index contributed by atoms with van der Waals surface area (Å²) in [5.41, 5.74) is 2.07. The predicted octanol–water partition coefficient (Wildman–Crippen LogP) is 4.07. The quantitative estimate of drug-likeness (QED) is 0.616. The summed E-state index contributed by atoms with van der Waals surface area (Å²) in [7, 11) is 0. The van der Waals surface area contributed by atoms with Crippen molar-refractivity contribution < 1.29 is 4.55 Å². The van der Waals surface area contributed by atoms with E-state index in [4.69, 9.17) is 0 Å². The van der Waals surface area contributed by atoms with E-state index in [0.29, 0.717) is 0 Å². The lowest BCUT2D eigenvalue weighted by molar-refractivity contribution is 0.596. The lowest BCUT2D eigenvalue weighted by Gasteiger charge is -2.19. The Bertz CT molecular complexity index is 576. The molecule has 3 heteroatoms. The predicted molar refractivity (Wildman–Crippen MR) is 85.5 cm³/mol. The Morgan fingerprint density at radius 1 is 1.00 bits per heavy atom. The maximum Gasteiger partial charge on any atom is 0.182 e. The van der Waals surface area contributed by atoms with Crippen molar-refractivity contribution in [3.05, 3.63) is 65.7 Å². The third-order valence-electron chi connectivity index (χ3n) is 3.21. The first-order valence-corrected chi connectivity index (χ1v) is 7.69. The van der Waals surface area contributed by atoms with Gasteiger partial charge in [0.15, 0.2) is 4.90 Å². The van der Waals surface area contributed by atoms with Gasteiger partial charge in [-0.25, -0.2) is 0 Å². The molecule has 0 saturated carbocycles. The molecule has 0 spiro atoms. The average molecular weight is 285 g/mol. The van der Waals surface area contributed by atoms with Crippen LogP contribution in [0.5, 0.6) is 0 Å². The molecule has 0 aliphatic rings. The first-order valence-electron chi connectivity index (χ1n) is 6.58. The topological polar surface area (TPSA) is 35.4 Å². The van der Waals surface area contributed by atoms with Gasteiger partial charge in [-0.1, -0.05) is 66.3 Å². The van der Waals surface area contributed by atoms with Crippen LogP contribution in [-0.4, -0.2) is 10.8 Å². The van der Waals surface area contributed by atoms with Crippen LogP contribution in [-0.2, 0) is 16.8 Å². The van der Waals surface area contributed by atoms with E-state index in [0.717, 1.165) is 16.0 Å². The van der Waals surface area contributed by atoms with E-state index < -0.39 is 11.4 Å². The number of benzene rings is 2. The summed E-state index contributed by atoms with van der Waals surface area (Å²) in [4.78, 5) is 0.732. The molecule has 0 saturated heterocycles. The minimum Gasteiger partial charge on any atom is -0.586 e. The zero-order valence-electron chi connectivity index (χ0n) is 12.0. The molecule has 2 nitrogen and oxygen atoms in total. The molecule has 2 rings (SSSR count). The third kappa shape index (κ3) is 3.71. The van der Waals surface area contributed by atoms with Crippen LogP contribution in [0.2, 0.25) is 0 Å². The molecule has 2 aromatic carbocycles. The minimum absolute atomic E-state index is 0.235. The summed E-state index contributed by atoms with van der Waals surface area (Å²) in [6, 6.07) is 17.7. The van der Waals surface area contributed by atoms with Gasteiger partial charge in [0.05, 0.1) is 6.21 Å². The van der Waals surface area contributed by atoms with Crippen LogP contribution in [0.25, 0.3) is 0 Å². The molecule has 1 unspecified atom stereocenters. The zero-order chi connectivity index (χ0) is 14.6. The molecule has 104 valence electrons. The van der Waals surface area contributed by atoms with Crippen molar-refractivity contribution in [1.82, 2.24) is 0 Å². The van der Waals surface area contributed by atoms with E-state index in [-0.39, 0.29) is 5.41 Å². The van der Waals surface area contributed by atoms with Crippen molar-refractivity contribution in [3.8, 4) is 0 Å². The van der Waals surface area contributed by atoms with Gasteiger partial charge in [-0.05, 0) is 24.6 Å². The Balaban J connectivity index is 2.14. The second-order valence-electron chi connectivity index (χ2n) is 5.38. The number of aryl methyl sites for hydroxylation is 1. The Labute approximate surface area is 123 Å². The lowest BCUT2D eigenvalue weighted by atomic mass is 9.86. The maximum atomic E-state index is 12.1. The van der Waals surface area contributed by atoms with Crippen LogP contribution in [0.1, 0.15) is 25.0 Å². The third-order valence-corrected chi connectivity index (χ3v) is 4.18. The molecule has 0 amide bonds. The monoisotopic (exact) mass is 285 g/mol. The SMILES string of the molecule is Cc1ccc([S+]([O-])/N=C/C(C)(C)c2ccccc2)cc1. The van der Waals surface area contributed by atoms with Gasteiger partial charge in [-0.2, -0.15) is 0 Å². The molecule has 0 N–H and O–H groups in total. The summed E-state index contributed by atoms with van der Waals surface area (Å²) in [6.45, 7) is 6.14. The van der Waals surface area contributed by atoms with E-state index in [1.807, 2.05) is 49.4 Å². The Kier molecular flexibility index (Phi) is 4.63. The highest BCUT2D eigenvalue weighted by molar-refractivity contribution is 7.90. The van der Waals surface area contributed by atoms with Crippen molar-refractivity contribution in [2.75, 3.05) is 0 Å². The molecule has 20 heavy (non-hydrogen) atoms. The lowest BCUT2D eigenvalue weighted by Crippen LogP contribution is -2.19. The van der Waals surface area contributed by atoms with E-state index in [2.05, 4.69) is 30.4 Å². The molecule has 2 aromatic rings. The summed E-state index contributed by atoms with van der Waals surface area (Å²) in [5.74, 6) is 0. The van der Waals surface area contributed by atoms with Crippen LogP contribution in [0.15, 0.2) is 63.9 Å². The molecule has 0 fully saturated rings. The molecule has 0 heterocycles. The van der Waals surface area contributed by atoms with Crippen molar-refractivity contribution in [2.45, 2.75) is 31.1 Å². The fourth-order valence-corrected chi connectivity index (χ4v) is 2.69. The summed E-state index contributed by atoms with van der Waals surface area (Å²) in [6.07, 6.45) is 1.78. The largest absolute Gasteiger partial charge is 0.586 e. The molecule has 0 radical (unpaired) electrons. The summed E-state index contributed by atoms with van der Waals surface area (Å²) >= 11 is -1.34. The second-order valence-corrected chi connectivity index (χ2v) is 6.56. The van der Waals surface area contributed by atoms with Crippen molar-refractivity contribution in [3.63, 3.8) is 0 Å². The van der Waals surface area contributed by atoms with Crippen LogP contribution >= 0.6 is 0 Å². The Hall–Kier alpha value is -1.58. The Morgan fingerprint density at radius 2 is 1.60 bits per heavy atom. The first-order chi connectivity index (χ1) is 9.49. The molecule has 0 bridgehead atoms. The molecular weight excluding hydrogens is 266 g/mol. The van der Waals surface area contributed by atoms with Crippen molar-refractivity contribution in [2.24, 2.45) is 4.40 Å². The van der Waals surface area contributed by atoms with Crippen LogP contribution in [0.3, 0.4) is 0 Å². The standard InChI is InChI=1S/C17H19NOS/c1-14-9-11-16(12-10-14)20(19)18-13-17(2,3)15-7-5-4-6-8-15/h4-13H,1-3H3/b18-13+. The van der Waals surface area contributed by atoms with E-state index in [1.165, 1.54) is 0 Å². The number of hydrogen-bond acceptors (Lipinski definition) is 2. The van der Waals surface area contributed by atoms with Crippen LogP contribution in [0.4, 0.5) is 0 Å². The van der Waals surface area contributed by atoms with Crippen LogP contribution in [0, 0.1) is 6.92 Å². The highest BCUT2D eigenvalue weighted by Gasteiger charge is 2.20. The van der Waals surface area contributed by atoms with Gasteiger partial charge in [0.2, 0.25) is 0 Å². The molecule has 0 aromatic heterocycles. The van der Waals surface area contributed by atoms with Gasteiger partial charge < -0.3 is 4.55 Å². The fourth-order valence-electron chi connectivity index (χ4n) is 1.84. The smallest absolute Gasteiger partial charge is 0.182 e. The minimum atomic E-state index is -1.34. The summed E-state index contributed by atoms with van der Waals surface area (Å²) in [5, 5.41) is 0. The molecule has 0 aliphatic carbocycles. The van der Waals surface area contributed by atoms with Crippen molar-refractivity contribution >= 4 is 17.6 Å². The highest BCUT2D eigenvalue weighted by Crippen LogP contribution is 2.22. The number of rotatable bonds is 4. The summed E-state index contributed by atoms with van der Waals surface area (Å²) < 4.78 is 16.4. The second kappa shape index (κ2) is 6.25. The zero-order valence-corrected chi connectivity index (χ0v) is 12.9. The highest BCUT2D eigenvalue weighted by atomic mass is 32.2. The van der Waals surface area contributed by atoms with E-state index in [1.54, 1.807) is 6.21 Å². The van der Waals surface area contributed by atoms with Crippen molar-refractivity contribution in [1.29, 1.82) is 0 Å². The van der Waals surface area contributed by atoms with Gasteiger partial charge in [0.1, 0.15) is 11.4 Å². The average Bonchev–Trinajstić information content (AvgIpc) is 2.46. The number of hydrogen-bond donors (Lipinski definition) is 0. The Morgan fingerprint density at radius 3 is 2.20 bits per heavy atom. The molecular formula is C17H19NOS. The van der Waals surface area contributed by atoms with E-state index >= 15 is 0 Å². The van der Waals surface area contributed by atoms with E-state index in [9.17, 15) is 4.55 Å². The van der Waals surface area contributed by atoms with Gasteiger partial charge in [0.25, 0.3) is 0 Å². The van der Waals surface area contributed by atoms with Gasteiger partial charge in [-0.15, -0.1) is 0 Å². The van der Waals surface area contributed by atoms with Crippen LogP contribution < -0.4 is 0 Å². The van der Waals surface area contributed by atoms with Gasteiger partial charge in [-0.3, -0.25) is 0 Å². The fraction of sp³-hybridized carbons (Fsp3) is 0.235. The maximum absolute atomic E-state index is 12.1.